The normalized spacial score (nSPS) is 12.1. The first-order chi connectivity index (χ1) is 6.65. The maximum atomic E-state index is 11.2. The number of carbonyl (C=O) groups excluding carboxylic acids is 1. The third kappa shape index (κ3) is 2.30. The van der Waals surface area contributed by atoms with Crippen LogP contribution in [0, 0.1) is 0 Å². The van der Waals surface area contributed by atoms with Crippen molar-refractivity contribution in [3.05, 3.63) is 18.0 Å². The van der Waals surface area contributed by atoms with Gasteiger partial charge in [0.15, 0.2) is 11.7 Å². The highest BCUT2D eigenvalue weighted by molar-refractivity contribution is 5.94. The second-order valence-electron chi connectivity index (χ2n) is 2.43. The van der Waals surface area contributed by atoms with Crippen molar-refractivity contribution in [2.24, 2.45) is 0 Å². The molecule has 0 aliphatic heterocycles. The molecule has 1 aromatic rings. The molecule has 3 N–H and O–H groups in total. The van der Waals surface area contributed by atoms with Crippen LogP contribution in [0.5, 0.6) is 0 Å². The minimum atomic E-state index is -1.33. The zero-order valence-electron chi connectivity index (χ0n) is 7.01. The second kappa shape index (κ2) is 4.38. The Kier molecular flexibility index (Phi) is 3.19. The van der Waals surface area contributed by atoms with Gasteiger partial charge in [-0.05, 0) is 0 Å². The van der Waals surface area contributed by atoms with E-state index in [2.05, 4.69) is 15.0 Å². The lowest BCUT2D eigenvalue weighted by Crippen LogP contribution is -2.43. The van der Waals surface area contributed by atoms with Crippen molar-refractivity contribution in [3.63, 3.8) is 0 Å². The van der Waals surface area contributed by atoms with Crippen molar-refractivity contribution < 1.29 is 24.3 Å². The van der Waals surface area contributed by atoms with Gasteiger partial charge in [-0.3, -0.25) is 4.79 Å². The third-order valence-electron chi connectivity index (χ3n) is 1.46. The predicted octanol–water partition coefficient (Wildman–Crippen LogP) is -1.15. The Labute approximate surface area is 78.3 Å². The third-order valence-corrected chi connectivity index (χ3v) is 1.46. The van der Waals surface area contributed by atoms with Gasteiger partial charge >= 0.3 is 5.97 Å². The minimum absolute atomic E-state index is 0.0373. The van der Waals surface area contributed by atoms with Gasteiger partial charge in [0.25, 0.3) is 5.91 Å². The highest BCUT2D eigenvalue weighted by Crippen LogP contribution is 1.95. The highest BCUT2D eigenvalue weighted by Gasteiger charge is 2.20. The summed E-state index contributed by atoms with van der Waals surface area (Å²) in [5.41, 5.74) is -0.0373. The Hall–Kier alpha value is -1.89. The quantitative estimate of drug-likeness (QED) is 0.565. The number of carboxylic acids is 1. The molecule has 0 saturated heterocycles. The molecule has 0 aliphatic rings. The van der Waals surface area contributed by atoms with E-state index in [1.54, 1.807) is 0 Å². The molecule has 1 aromatic heterocycles. The number of rotatable bonds is 4. The van der Waals surface area contributed by atoms with E-state index >= 15 is 0 Å². The molecule has 0 aromatic carbocycles. The molecule has 0 saturated carbocycles. The van der Waals surface area contributed by atoms with Crippen LogP contribution in [0.2, 0.25) is 0 Å². The van der Waals surface area contributed by atoms with E-state index in [-0.39, 0.29) is 5.69 Å². The molecule has 1 rings (SSSR count). The summed E-state index contributed by atoms with van der Waals surface area (Å²) in [4.78, 5) is 21.6. The number of carboxylic acid groups (broad SMARTS) is 1. The van der Waals surface area contributed by atoms with E-state index < -0.39 is 24.5 Å². The fourth-order valence-corrected chi connectivity index (χ4v) is 0.747. The molecule has 1 atom stereocenters. The Morgan fingerprint density at radius 3 is 2.79 bits per heavy atom. The highest BCUT2D eigenvalue weighted by atomic mass is 16.5. The fraction of sp³-hybridized carbons (Fsp3) is 0.286. The number of aliphatic carboxylic acids is 1. The number of carbonyl (C=O) groups is 2. The number of nitrogens with one attached hydrogen (secondary N) is 1. The van der Waals surface area contributed by atoms with Crippen LogP contribution in [0.3, 0.4) is 0 Å². The average Bonchev–Trinajstić information content (AvgIpc) is 2.65. The lowest BCUT2D eigenvalue weighted by atomic mass is 10.3. The number of amides is 1. The Morgan fingerprint density at radius 1 is 1.64 bits per heavy atom. The Balaban J connectivity index is 2.60. The van der Waals surface area contributed by atoms with Gasteiger partial charge in [0.2, 0.25) is 0 Å². The minimum Gasteiger partial charge on any atom is -0.480 e. The number of hydrogen-bond donors (Lipinski definition) is 3. The molecule has 0 spiro atoms. The van der Waals surface area contributed by atoms with Crippen LogP contribution in [0.25, 0.3) is 0 Å². The van der Waals surface area contributed by atoms with Crippen molar-refractivity contribution in [3.8, 4) is 0 Å². The topological polar surface area (TPSA) is 113 Å². The fourth-order valence-electron chi connectivity index (χ4n) is 0.747. The zero-order valence-corrected chi connectivity index (χ0v) is 7.01. The first-order valence-electron chi connectivity index (χ1n) is 3.70. The van der Waals surface area contributed by atoms with Crippen LogP contribution in [0.4, 0.5) is 0 Å². The Bertz CT molecular complexity index is 321. The molecular weight excluding hydrogens is 192 g/mol. The van der Waals surface area contributed by atoms with E-state index in [0.29, 0.717) is 0 Å². The predicted molar refractivity (Wildman–Crippen MR) is 42.5 cm³/mol. The largest absolute Gasteiger partial charge is 0.480 e. The molecule has 14 heavy (non-hydrogen) atoms. The van der Waals surface area contributed by atoms with Crippen molar-refractivity contribution in [2.45, 2.75) is 6.04 Å². The molecule has 7 heteroatoms. The summed E-state index contributed by atoms with van der Waals surface area (Å²) in [6, 6.07) is -0.0507. The molecule has 76 valence electrons. The van der Waals surface area contributed by atoms with Crippen LogP contribution in [0.1, 0.15) is 10.5 Å². The summed E-state index contributed by atoms with van der Waals surface area (Å²) in [6.07, 6.45) is 1.18. The van der Waals surface area contributed by atoms with Crippen molar-refractivity contribution in [1.82, 2.24) is 10.5 Å². The van der Waals surface area contributed by atoms with Gasteiger partial charge in [-0.1, -0.05) is 5.16 Å². The first-order valence-corrected chi connectivity index (χ1v) is 3.70. The smallest absolute Gasteiger partial charge is 0.328 e. The van der Waals surface area contributed by atoms with Crippen LogP contribution < -0.4 is 5.32 Å². The number of aliphatic hydroxyl groups is 1. The maximum absolute atomic E-state index is 11.2. The summed E-state index contributed by atoms with van der Waals surface area (Å²) >= 11 is 0. The number of hydrogen-bond acceptors (Lipinski definition) is 5. The molecule has 0 aliphatic carbocycles. The van der Waals surface area contributed by atoms with Gasteiger partial charge in [-0.15, -0.1) is 0 Å². The van der Waals surface area contributed by atoms with Crippen LogP contribution >= 0.6 is 0 Å². The van der Waals surface area contributed by atoms with Gasteiger partial charge in [0, 0.05) is 6.07 Å². The zero-order chi connectivity index (χ0) is 10.6. The van der Waals surface area contributed by atoms with Gasteiger partial charge in [-0.25, -0.2) is 4.79 Å². The van der Waals surface area contributed by atoms with Crippen LogP contribution in [-0.2, 0) is 4.79 Å². The Morgan fingerprint density at radius 2 is 2.36 bits per heavy atom. The SMILES string of the molecule is O=C(NC(CO)C(=O)O)c1ccon1. The maximum Gasteiger partial charge on any atom is 0.328 e. The van der Waals surface area contributed by atoms with Crippen molar-refractivity contribution >= 4 is 11.9 Å². The summed E-state index contributed by atoms with van der Waals surface area (Å²) < 4.78 is 4.39. The van der Waals surface area contributed by atoms with Crippen LogP contribution in [-0.4, -0.2) is 39.9 Å². The summed E-state index contributed by atoms with van der Waals surface area (Å²) in [5, 5.41) is 22.5. The van der Waals surface area contributed by atoms with E-state index in [1.807, 2.05) is 0 Å². The summed E-state index contributed by atoms with van der Waals surface area (Å²) in [6.45, 7) is -0.682. The summed E-state index contributed by atoms with van der Waals surface area (Å²) in [7, 11) is 0. The van der Waals surface area contributed by atoms with E-state index in [0.717, 1.165) is 0 Å². The molecule has 0 radical (unpaired) electrons. The van der Waals surface area contributed by atoms with E-state index in [4.69, 9.17) is 10.2 Å². The number of nitrogens with zero attached hydrogens (tertiary/aromatic N) is 1. The van der Waals surface area contributed by atoms with Gasteiger partial charge in [0.1, 0.15) is 6.26 Å². The number of aliphatic hydroxyl groups excluding tert-OH is 1. The molecular formula is C7H8N2O5. The van der Waals surface area contributed by atoms with E-state index in [1.165, 1.54) is 12.3 Å². The second-order valence-corrected chi connectivity index (χ2v) is 2.43. The monoisotopic (exact) mass is 200 g/mol. The average molecular weight is 200 g/mol. The molecule has 7 nitrogen and oxygen atoms in total. The molecule has 0 bridgehead atoms. The lowest BCUT2D eigenvalue weighted by molar-refractivity contribution is -0.140. The number of aromatic nitrogens is 1. The van der Waals surface area contributed by atoms with Crippen LogP contribution in [0.15, 0.2) is 16.9 Å². The molecule has 1 heterocycles. The van der Waals surface area contributed by atoms with Crippen molar-refractivity contribution in [1.29, 1.82) is 0 Å². The molecule has 1 unspecified atom stereocenters. The summed E-state index contributed by atoms with van der Waals surface area (Å²) in [5.74, 6) is -2.02. The molecule has 1 amide bonds. The molecule has 0 fully saturated rings. The van der Waals surface area contributed by atoms with Crippen molar-refractivity contribution in [2.75, 3.05) is 6.61 Å². The van der Waals surface area contributed by atoms with Gasteiger partial charge in [-0.2, -0.15) is 0 Å². The van der Waals surface area contributed by atoms with Gasteiger partial charge < -0.3 is 20.1 Å². The first kappa shape index (κ1) is 10.2. The van der Waals surface area contributed by atoms with E-state index in [9.17, 15) is 9.59 Å². The van der Waals surface area contributed by atoms with Gasteiger partial charge in [0.05, 0.1) is 6.61 Å². The lowest BCUT2D eigenvalue weighted by Gasteiger charge is -2.09. The standard InChI is InChI=1S/C7H8N2O5/c10-3-5(7(12)13)8-6(11)4-1-2-14-9-4/h1-2,5,10H,3H2,(H,8,11)(H,12,13).